The highest BCUT2D eigenvalue weighted by Crippen LogP contribution is 2.18. The molecule has 0 bridgehead atoms. The third kappa shape index (κ3) is 2.39. The summed E-state index contributed by atoms with van der Waals surface area (Å²) in [5, 5.41) is 13.0. The van der Waals surface area contributed by atoms with Crippen LogP contribution in [0.15, 0.2) is 18.2 Å². The van der Waals surface area contributed by atoms with E-state index in [0.717, 1.165) is 19.4 Å². The largest absolute Gasteiger partial charge is 0.391 e. The number of aliphatic hydroxyl groups is 1. The fraction of sp³-hybridized carbons (Fsp3) is 0.500. The van der Waals surface area contributed by atoms with Crippen LogP contribution in [0.25, 0.3) is 0 Å². The van der Waals surface area contributed by atoms with E-state index in [2.05, 4.69) is 5.32 Å². The Morgan fingerprint density at radius 2 is 2.06 bits per heavy atom. The zero-order valence-corrected chi connectivity index (χ0v) is 8.92. The third-order valence-corrected chi connectivity index (χ3v) is 3.04. The van der Waals surface area contributed by atoms with Gasteiger partial charge < -0.3 is 10.4 Å². The second-order valence-corrected chi connectivity index (χ2v) is 4.17. The molecule has 2 unspecified atom stereocenters. The van der Waals surface area contributed by atoms with Gasteiger partial charge in [0, 0.05) is 18.0 Å². The van der Waals surface area contributed by atoms with Gasteiger partial charge in [0.1, 0.15) is 11.6 Å². The first kappa shape index (κ1) is 11.5. The molecule has 1 saturated heterocycles. The van der Waals surface area contributed by atoms with Gasteiger partial charge in [-0.3, -0.25) is 0 Å². The average molecular weight is 227 g/mol. The summed E-state index contributed by atoms with van der Waals surface area (Å²) in [7, 11) is 0. The van der Waals surface area contributed by atoms with Crippen LogP contribution in [0, 0.1) is 11.6 Å². The summed E-state index contributed by atoms with van der Waals surface area (Å²) in [5.41, 5.74) is -0.0244. The number of hydrogen-bond acceptors (Lipinski definition) is 2. The second-order valence-electron chi connectivity index (χ2n) is 4.17. The molecular formula is C12H15F2NO. The Bertz CT molecular complexity index is 344. The van der Waals surface area contributed by atoms with Crippen LogP contribution < -0.4 is 5.32 Å². The molecule has 4 heteroatoms. The van der Waals surface area contributed by atoms with E-state index in [1.165, 1.54) is 18.2 Å². The Kier molecular flexibility index (Phi) is 3.51. The molecule has 2 N–H and O–H groups in total. The van der Waals surface area contributed by atoms with Crippen LogP contribution in [0.5, 0.6) is 0 Å². The summed E-state index contributed by atoms with van der Waals surface area (Å²) in [4.78, 5) is 0. The number of aliphatic hydroxyl groups excluding tert-OH is 1. The first-order chi connectivity index (χ1) is 7.68. The Morgan fingerprint density at radius 1 is 1.38 bits per heavy atom. The van der Waals surface area contributed by atoms with Gasteiger partial charge in [-0.15, -0.1) is 0 Å². The molecule has 16 heavy (non-hydrogen) atoms. The van der Waals surface area contributed by atoms with Crippen LogP contribution in [0.1, 0.15) is 18.4 Å². The highest BCUT2D eigenvalue weighted by atomic mass is 19.1. The molecule has 1 fully saturated rings. The SMILES string of the molecule is OC(Cc1c(F)cccc1F)C1CCCN1. The molecule has 1 aliphatic rings. The van der Waals surface area contributed by atoms with Gasteiger partial charge in [-0.2, -0.15) is 0 Å². The Hall–Kier alpha value is -1.00. The summed E-state index contributed by atoms with van der Waals surface area (Å²) in [5.74, 6) is -1.17. The topological polar surface area (TPSA) is 32.3 Å². The van der Waals surface area contributed by atoms with Crippen molar-refractivity contribution in [1.82, 2.24) is 5.32 Å². The molecule has 0 aromatic heterocycles. The minimum Gasteiger partial charge on any atom is -0.391 e. The van der Waals surface area contributed by atoms with E-state index in [-0.39, 0.29) is 18.0 Å². The van der Waals surface area contributed by atoms with Gasteiger partial charge in [0.15, 0.2) is 0 Å². The lowest BCUT2D eigenvalue weighted by Gasteiger charge is -2.18. The molecule has 2 atom stereocenters. The zero-order valence-electron chi connectivity index (χ0n) is 8.92. The third-order valence-electron chi connectivity index (χ3n) is 3.04. The van der Waals surface area contributed by atoms with Crippen molar-refractivity contribution < 1.29 is 13.9 Å². The minimum atomic E-state index is -0.728. The molecule has 2 nitrogen and oxygen atoms in total. The van der Waals surface area contributed by atoms with E-state index >= 15 is 0 Å². The molecule has 1 aliphatic heterocycles. The first-order valence-corrected chi connectivity index (χ1v) is 5.53. The quantitative estimate of drug-likeness (QED) is 0.822. The molecule has 0 spiro atoms. The molecule has 2 rings (SSSR count). The van der Waals surface area contributed by atoms with Crippen molar-refractivity contribution in [2.45, 2.75) is 31.4 Å². The van der Waals surface area contributed by atoms with E-state index in [1.807, 2.05) is 0 Å². The minimum absolute atomic E-state index is 0.0240. The van der Waals surface area contributed by atoms with Crippen LogP contribution in [-0.2, 0) is 6.42 Å². The number of rotatable bonds is 3. The predicted molar refractivity (Wildman–Crippen MR) is 57.1 cm³/mol. The molecule has 1 heterocycles. The van der Waals surface area contributed by atoms with Gasteiger partial charge in [0.25, 0.3) is 0 Å². The van der Waals surface area contributed by atoms with E-state index in [0.29, 0.717) is 0 Å². The van der Waals surface area contributed by atoms with Crippen molar-refractivity contribution in [3.63, 3.8) is 0 Å². The summed E-state index contributed by atoms with van der Waals surface area (Å²) in [6, 6.07) is 3.72. The monoisotopic (exact) mass is 227 g/mol. The number of nitrogens with one attached hydrogen (secondary N) is 1. The van der Waals surface area contributed by atoms with Crippen molar-refractivity contribution in [3.05, 3.63) is 35.4 Å². The highest BCUT2D eigenvalue weighted by Gasteiger charge is 2.24. The smallest absolute Gasteiger partial charge is 0.129 e. The molecule has 1 aromatic carbocycles. The van der Waals surface area contributed by atoms with Gasteiger partial charge in [-0.05, 0) is 31.5 Å². The molecule has 0 amide bonds. The fourth-order valence-electron chi connectivity index (χ4n) is 2.12. The van der Waals surface area contributed by atoms with Crippen molar-refractivity contribution in [1.29, 1.82) is 0 Å². The Balaban J connectivity index is 2.07. The lowest BCUT2D eigenvalue weighted by atomic mass is 10.0. The lowest BCUT2D eigenvalue weighted by Crippen LogP contribution is -2.36. The van der Waals surface area contributed by atoms with E-state index in [1.54, 1.807) is 0 Å². The Morgan fingerprint density at radius 3 is 2.62 bits per heavy atom. The molecule has 0 radical (unpaired) electrons. The van der Waals surface area contributed by atoms with E-state index in [4.69, 9.17) is 0 Å². The maximum atomic E-state index is 13.3. The van der Waals surface area contributed by atoms with Crippen LogP contribution in [0.3, 0.4) is 0 Å². The van der Waals surface area contributed by atoms with Gasteiger partial charge >= 0.3 is 0 Å². The van der Waals surface area contributed by atoms with Gasteiger partial charge in [0.2, 0.25) is 0 Å². The second kappa shape index (κ2) is 4.89. The predicted octanol–water partition coefficient (Wildman–Crippen LogP) is 1.62. The van der Waals surface area contributed by atoms with Crippen molar-refractivity contribution >= 4 is 0 Å². The maximum absolute atomic E-state index is 13.3. The van der Waals surface area contributed by atoms with Crippen LogP contribution in [-0.4, -0.2) is 23.8 Å². The normalized spacial score (nSPS) is 22.3. The van der Waals surface area contributed by atoms with Gasteiger partial charge in [-0.1, -0.05) is 6.07 Å². The summed E-state index contributed by atoms with van der Waals surface area (Å²) in [6.45, 7) is 0.863. The lowest BCUT2D eigenvalue weighted by molar-refractivity contribution is 0.134. The van der Waals surface area contributed by atoms with Crippen LogP contribution in [0.4, 0.5) is 8.78 Å². The maximum Gasteiger partial charge on any atom is 0.129 e. The first-order valence-electron chi connectivity index (χ1n) is 5.53. The summed E-state index contributed by atoms with van der Waals surface area (Å²) < 4.78 is 26.7. The standard InChI is InChI=1S/C12H15F2NO/c13-9-3-1-4-10(14)8(9)7-12(16)11-5-2-6-15-11/h1,3-4,11-12,15-16H,2,5-7H2. The highest BCUT2D eigenvalue weighted by molar-refractivity contribution is 5.20. The van der Waals surface area contributed by atoms with Crippen molar-refractivity contribution in [2.75, 3.05) is 6.54 Å². The molecular weight excluding hydrogens is 212 g/mol. The summed E-state index contributed by atoms with van der Waals surface area (Å²) in [6.07, 6.45) is 1.16. The Labute approximate surface area is 93.3 Å². The molecule has 0 aliphatic carbocycles. The van der Waals surface area contributed by atoms with E-state index in [9.17, 15) is 13.9 Å². The van der Waals surface area contributed by atoms with Crippen LogP contribution >= 0.6 is 0 Å². The number of hydrogen-bond donors (Lipinski definition) is 2. The van der Waals surface area contributed by atoms with Crippen molar-refractivity contribution in [3.8, 4) is 0 Å². The average Bonchev–Trinajstić information content (AvgIpc) is 2.76. The molecule has 0 saturated carbocycles. The fourth-order valence-corrected chi connectivity index (χ4v) is 2.12. The molecule has 88 valence electrons. The zero-order chi connectivity index (χ0) is 11.5. The molecule has 1 aromatic rings. The van der Waals surface area contributed by atoms with E-state index < -0.39 is 17.7 Å². The summed E-state index contributed by atoms with van der Waals surface area (Å²) >= 11 is 0. The van der Waals surface area contributed by atoms with Gasteiger partial charge in [-0.25, -0.2) is 8.78 Å². The van der Waals surface area contributed by atoms with Gasteiger partial charge in [0.05, 0.1) is 6.10 Å². The van der Waals surface area contributed by atoms with Crippen molar-refractivity contribution in [2.24, 2.45) is 0 Å². The van der Waals surface area contributed by atoms with Crippen LogP contribution in [0.2, 0.25) is 0 Å². The number of halogens is 2. The number of benzene rings is 1.